The SMILES string of the molecule is COc1nc(-c2c[nH]c(=O)c(F)c2)cnc1NC(=O)c1c(-c2ccccc2)noc1C. The van der Waals surface area contributed by atoms with E-state index in [1.165, 1.54) is 19.5 Å². The fourth-order valence-electron chi connectivity index (χ4n) is 2.95. The van der Waals surface area contributed by atoms with Gasteiger partial charge in [0.05, 0.1) is 19.0 Å². The quantitative estimate of drug-likeness (QED) is 0.507. The van der Waals surface area contributed by atoms with Crippen LogP contribution in [0.15, 0.2) is 58.1 Å². The van der Waals surface area contributed by atoms with Gasteiger partial charge < -0.3 is 19.6 Å². The van der Waals surface area contributed by atoms with E-state index in [4.69, 9.17) is 9.26 Å². The fourth-order valence-corrected chi connectivity index (χ4v) is 2.95. The Balaban J connectivity index is 1.66. The smallest absolute Gasteiger partial charge is 0.283 e. The van der Waals surface area contributed by atoms with Crippen LogP contribution in [0.25, 0.3) is 22.5 Å². The lowest BCUT2D eigenvalue weighted by atomic mass is 10.1. The normalized spacial score (nSPS) is 10.7. The summed E-state index contributed by atoms with van der Waals surface area (Å²) in [5.74, 6) is -1.06. The summed E-state index contributed by atoms with van der Waals surface area (Å²) in [5.41, 5.74) is 1.06. The summed E-state index contributed by atoms with van der Waals surface area (Å²) in [4.78, 5) is 34.9. The first-order valence-corrected chi connectivity index (χ1v) is 9.10. The Morgan fingerprint density at radius 2 is 2.00 bits per heavy atom. The third-order valence-electron chi connectivity index (χ3n) is 4.46. The van der Waals surface area contributed by atoms with Crippen molar-refractivity contribution in [3.63, 3.8) is 0 Å². The van der Waals surface area contributed by atoms with E-state index in [1.54, 1.807) is 6.92 Å². The van der Waals surface area contributed by atoms with E-state index < -0.39 is 17.3 Å². The minimum absolute atomic E-state index is 0.00725. The largest absolute Gasteiger partial charge is 0.478 e. The van der Waals surface area contributed by atoms with Crippen molar-refractivity contribution < 1.29 is 18.4 Å². The van der Waals surface area contributed by atoms with Crippen molar-refractivity contribution in [2.45, 2.75) is 6.92 Å². The van der Waals surface area contributed by atoms with Gasteiger partial charge in [-0.2, -0.15) is 0 Å². The standard InChI is InChI=1S/C21H16FN5O4/c1-11-16(17(27-31-11)12-6-4-3-5-7-12)20(29)26-18-21(30-2)25-15(10-23-18)13-8-14(22)19(28)24-9-13/h3-10H,1-2H3,(H,24,28)(H,23,26,29). The number of benzene rings is 1. The zero-order valence-electron chi connectivity index (χ0n) is 16.5. The second-order valence-corrected chi connectivity index (χ2v) is 6.46. The van der Waals surface area contributed by atoms with Crippen LogP contribution in [0.1, 0.15) is 16.1 Å². The highest BCUT2D eigenvalue weighted by molar-refractivity contribution is 6.08. The van der Waals surface area contributed by atoms with Crippen molar-refractivity contribution in [2.24, 2.45) is 0 Å². The molecule has 1 amide bonds. The predicted octanol–water partition coefficient (Wildman–Crippen LogP) is 3.20. The lowest BCUT2D eigenvalue weighted by Crippen LogP contribution is -2.16. The molecule has 0 aliphatic rings. The second kappa shape index (κ2) is 8.19. The Bertz CT molecular complexity index is 1320. The number of pyridine rings is 1. The van der Waals surface area contributed by atoms with E-state index in [1.807, 2.05) is 30.3 Å². The van der Waals surface area contributed by atoms with Gasteiger partial charge in [-0.1, -0.05) is 35.5 Å². The van der Waals surface area contributed by atoms with Gasteiger partial charge in [0.25, 0.3) is 17.3 Å². The number of nitrogens with zero attached hydrogens (tertiary/aromatic N) is 3. The van der Waals surface area contributed by atoms with Crippen molar-refractivity contribution in [1.82, 2.24) is 20.1 Å². The lowest BCUT2D eigenvalue weighted by Gasteiger charge is -2.10. The highest BCUT2D eigenvalue weighted by atomic mass is 19.1. The maximum atomic E-state index is 13.6. The fraction of sp³-hybridized carbons (Fsp3) is 0.0952. The molecule has 0 bridgehead atoms. The van der Waals surface area contributed by atoms with Gasteiger partial charge in [-0.3, -0.25) is 9.59 Å². The number of ether oxygens (including phenoxy) is 1. The summed E-state index contributed by atoms with van der Waals surface area (Å²) >= 11 is 0. The average Bonchev–Trinajstić information content (AvgIpc) is 3.18. The average molecular weight is 421 g/mol. The van der Waals surface area contributed by atoms with Gasteiger partial charge in [0.1, 0.15) is 17.0 Å². The summed E-state index contributed by atoms with van der Waals surface area (Å²) in [6.45, 7) is 1.63. The Morgan fingerprint density at radius 1 is 1.23 bits per heavy atom. The van der Waals surface area contributed by atoms with Gasteiger partial charge in [0.15, 0.2) is 11.6 Å². The minimum Gasteiger partial charge on any atom is -0.478 e. The highest BCUT2D eigenvalue weighted by Gasteiger charge is 2.23. The number of anilines is 1. The van der Waals surface area contributed by atoms with Crippen molar-refractivity contribution in [2.75, 3.05) is 12.4 Å². The van der Waals surface area contributed by atoms with Crippen LogP contribution in [0.5, 0.6) is 5.88 Å². The number of aromatic amines is 1. The highest BCUT2D eigenvalue weighted by Crippen LogP contribution is 2.28. The van der Waals surface area contributed by atoms with Gasteiger partial charge in [0.2, 0.25) is 0 Å². The molecule has 156 valence electrons. The molecule has 0 saturated heterocycles. The van der Waals surface area contributed by atoms with Crippen molar-refractivity contribution in [1.29, 1.82) is 0 Å². The Kier molecular flexibility index (Phi) is 5.27. The molecule has 2 N–H and O–H groups in total. The topological polar surface area (TPSA) is 123 Å². The maximum Gasteiger partial charge on any atom is 0.283 e. The summed E-state index contributed by atoms with van der Waals surface area (Å²) in [6, 6.07) is 10.2. The number of aryl methyl sites for hydroxylation is 1. The first-order valence-electron chi connectivity index (χ1n) is 9.10. The lowest BCUT2D eigenvalue weighted by molar-refractivity contribution is 0.102. The van der Waals surface area contributed by atoms with Gasteiger partial charge in [-0.15, -0.1) is 0 Å². The molecule has 4 aromatic rings. The molecule has 0 atom stereocenters. The summed E-state index contributed by atoms with van der Waals surface area (Å²) in [7, 11) is 1.36. The zero-order chi connectivity index (χ0) is 22.0. The Hall–Kier alpha value is -4.34. The molecule has 3 aromatic heterocycles. The van der Waals surface area contributed by atoms with Crippen LogP contribution in [0.3, 0.4) is 0 Å². The summed E-state index contributed by atoms with van der Waals surface area (Å²) in [5, 5.41) is 6.64. The number of rotatable bonds is 5. The number of carbonyl (C=O) groups is 1. The van der Waals surface area contributed by atoms with Gasteiger partial charge in [0, 0.05) is 17.3 Å². The number of hydrogen-bond donors (Lipinski definition) is 2. The second-order valence-electron chi connectivity index (χ2n) is 6.46. The number of carbonyl (C=O) groups excluding carboxylic acids is 1. The van der Waals surface area contributed by atoms with Crippen LogP contribution in [0, 0.1) is 12.7 Å². The van der Waals surface area contributed by atoms with E-state index in [0.717, 1.165) is 11.6 Å². The van der Waals surface area contributed by atoms with Crippen molar-refractivity contribution >= 4 is 11.7 Å². The zero-order valence-corrected chi connectivity index (χ0v) is 16.5. The van der Waals surface area contributed by atoms with Crippen LogP contribution < -0.4 is 15.6 Å². The number of nitrogens with one attached hydrogen (secondary N) is 2. The van der Waals surface area contributed by atoms with E-state index in [-0.39, 0.29) is 23.0 Å². The molecule has 0 radical (unpaired) electrons. The molecular formula is C21H16FN5O4. The van der Waals surface area contributed by atoms with Crippen molar-refractivity contribution in [3.05, 3.63) is 76.3 Å². The van der Waals surface area contributed by atoms with Crippen LogP contribution in [-0.2, 0) is 0 Å². The molecule has 10 heteroatoms. The molecule has 3 heterocycles. The molecule has 0 fully saturated rings. The van der Waals surface area contributed by atoms with Crippen LogP contribution >= 0.6 is 0 Å². The number of hydrogen-bond acceptors (Lipinski definition) is 7. The molecule has 0 unspecified atom stereocenters. The molecule has 1 aromatic carbocycles. The van der Waals surface area contributed by atoms with E-state index in [2.05, 4.69) is 25.4 Å². The third-order valence-corrected chi connectivity index (χ3v) is 4.46. The van der Waals surface area contributed by atoms with Crippen molar-refractivity contribution in [3.8, 4) is 28.4 Å². The molecule has 0 aliphatic carbocycles. The number of methoxy groups -OCH3 is 1. The van der Waals surface area contributed by atoms with E-state index >= 15 is 0 Å². The van der Waals surface area contributed by atoms with Crippen LogP contribution in [-0.4, -0.2) is 33.1 Å². The predicted molar refractivity (Wildman–Crippen MR) is 109 cm³/mol. The summed E-state index contributed by atoms with van der Waals surface area (Å²) in [6.07, 6.45) is 2.63. The first-order chi connectivity index (χ1) is 15.0. The molecule has 0 saturated carbocycles. The Morgan fingerprint density at radius 3 is 2.71 bits per heavy atom. The molecular weight excluding hydrogens is 405 g/mol. The van der Waals surface area contributed by atoms with Crippen LogP contribution in [0.4, 0.5) is 10.2 Å². The number of aromatic nitrogens is 4. The summed E-state index contributed by atoms with van der Waals surface area (Å²) < 4.78 is 24.0. The molecule has 4 rings (SSSR count). The van der Waals surface area contributed by atoms with E-state index in [0.29, 0.717) is 17.0 Å². The van der Waals surface area contributed by atoms with Crippen LogP contribution in [0.2, 0.25) is 0 Å². The molecule has 0 aliphatic heterocycles. The number of H-pyrrole nitrogens is 1. The minimum atomic E-state index is -0.952. The molecule has 0 spiro atoms. The van der Waals surface area contributed by atoms with Gasteiger partial charge in [-0.05, 0) is 13.0 Å². The van der Waals surface area contributed by atoms with Gasteiger partial charge in [-0.25, -0.2) is 14.4 Å². The monoisotopic (exact) mass is 421 g/mol. The number of amides is 1. The molecule has 9 nitrogen and oxygen atoms in total. The Labute approximate surface area is 174 Å². The van der Waals surface area contributed by atoms with E-state index in [9.17, 15) is 14.0 Å². The maximum absolute atomic E-state index is 13.6. The van der Waals surface area contributed by atoms with Gasteiger partial charge >= 0.3 is 0 Å². The third kappa shape index (κ3) is 3.90. The molecule has 31 heavy (non-hydrogen) atoms. The number of halogens is 1. The first kappa shape index (κ1) is 20.0.